The standard InChI is InChI=1S/C14H14O5/c1-3-4-10(15)9-5-8-6-13(14(16)17)19-11(8)7-12(9)18-2/h5-7H,3-4H2,1-2H3,(H,16,17). The summed E-state index contributed by atoms with van der Waals surface area (Å²) in [6.45, 7) is 1.92. The topological polar surface area (TPSA) is 76.7 Å². The Labute approximate surface area is 109 Å². The zero-order valence-corrected chi connectivity index (χ0v) is 10.7. The van der Waals surface area contributed by atoms with Gasteiger partial charge in [0.25, 0.3) is 0 Å². The number of furan rings is 1. The third-order valence-electron chi connectivity index (χ3n) is 2.83. The minimum absolute atomic E-state index is 0.0284. The van der Waals surface area contributed by atoms with Gasteiger partial charge in [-0.15, -0.1) is 0 Å². The summed E-state index contributed by atoms with van der Waals surface area (Å²) in [7, 11) is 1.46. The quantitative estimate of drug-likeness (QED) is 0.838. The van der Waals surface area contributed by atoms with E-state index in [2.05, 4.69) is 0 Å². The molecule has 0 aliphatic carbocycles. The molecule has 0 radical (unpaired) electrons. The van der Waals surface area contributed by atoms with E-state index in [1.54, 1.807) is 12.1 Å². The Kier molecular flexibility index (Phi) is 3.55. The summed E-state index contributed by atoms with van der Waals surface area (Å²) in [6, 6.07) is 4.56. The van der Waals surface area contributed by atoms with Crippen LogP contribution in [0.15, 0.2) is 22.6 Å². The summed E-state index contributed by atoms with van der Waals surface area (Å²) >= 11 is 0. The third kappa shape index (κ3) is 2.45. The van der Waals surface area contributed by atoms with Crippen molar-refractivity contribution in [2.45, 2.75) is 19.8 Å². The molecule has 0 bridgehead atoms. The van der Waals surface area contributed by atoms with Gasteiger partial charge in [0.1, 0.15) is 11.3 Å². The van der Waals surface area contributed by atoms with Crippen molar-refractivity contribution in [2.75, 3.05) is 7.11 Å². The summed E-state index contributed by atoms with van der Waals surface area (Å²) in [6.07, 6.45) is 1.16. The molecule has 0 unspecified atom stereocenters. The van der Waals surface area contributed by atoms with Gasteiger partial charge >= 0.3 is 5.97 Å². The molecule has 0 saturated heterocycles. The van der Waals surface area contributed by atoms with Crippen LogP contribution in [0.25, 0.3) is 11.0 Å². The van der Waals surface area contributed by atoms with Crippen molar-refractivity contribution in [2.24, 2.45) is 0 Å². The predicted molar refractivity (Wildman–Crippen MR) is 69.0 cm³/mol. The second-order valence-corrected chi connectivity index (χ2v) is 4.18. The molecule has 1 aromatic heterocycles. The second-order valence-electron chi connectivity index (χ2n) is 4.18. The van der Waals surface area contributed by atoms with Gasteiger partial charge in [-0.05, 0) is 18.6 Å². The number of aromatic carboxylic acids is 1. The van der Waals surface area contributed by atoms with E-state index in [1.807, 2.05) is 6.92 Å². The zero-order chi connectivity index (χ0) is 14.0. The van der Waals surface area contributed by atoms with Crippen molar-refractivity contribution in [3.05, 3.63) is 29.5 Å². The Morgan fingerprint density at radius 1 is 1.32 bits per heavy atom. The second kappa shape index (κ2) is 5.14. The van der Waals surface area contributed by atoms with Crippen LogP contribution in [0.3, 0.4) is 0 Å². The number of fused-ring (bicyclic) bond motifs is 1. The van der Waals surface area contributed by atoms with Crippen LogP contribution in [0.4, 0.5) is 0 Å². The number of carbonyl (C=O) groups is 2. The van der Waals surface area contributed by atoms with E-state index < -0.39 is 5.97 Å². The lowest BCUT2D eigenvalue weighted by molar-refractivity contribution is 0.0664. The van der Waals surface area contributed by atoms with Crippen molar-refractivity contribution in [3.63, 3.8) is 0 Å². The summed E-state index contributed by atoms with van der Waals surface area (Å²) in [5.41, 5.74) is 0.844. The fourth-order valence-corrected chi connectivity index (χ4v) is 1.92. The van der Waals surface area contributed by atoms with Crippen LogP contribution >= 0.6 is 0 Å². The SMILES string of the molecule is CCCC(=O)c1cc2cc(C(=O)O)oc2cc1OC. The Morgan fingerprint density at radius 2 is 2.05 bits per heavy atom. The zero-order valence-electron chi connectivity index (χ0n) is 10.7. The number of carboxylic acid groups (broad SMARTS) is 1. The van der Waals surface area contributed by atoms with E-state index in [9.17, 15) is 9.59 Å². The van der Waals surface area contributed by atoms with Gasteiger partial charge in [-0.2, -0.15) is 0 Å². The van der Waals surface area contributed by atoms with E-state index >= 15 is 0 Å². The van der Waals surface area contributed by atoms with Gasteiger partial charge in [-0.3, -0.25) is 4.79 Å². The first kappa shape index (κ1) is 13.1. The molecule has 0 aliphatic heterocycles. The van der Waals surface area contributed by atoms with Crippen LogP contribution in [0, 0.1) is 0 Å². The van der Waals surface area contributed by atoms with E-state index in [-0.39, 0.29) is 11.5 Å². The number of ketones is 1. The molecular formula is C14H14O5. The molecule has 5 heteroatoms. The Morgan fingerprint density at radius 3 is 2.63 bits per heavy atom. The first-order valence-electron chi connectivity index (χ1n) is 5.95. The summed E-state index contributed by atoms with van der Waals surface area (Å²) in [4.78, 5) is 22.8. The number of benzene rings is 1. The van der Waals surface area contributed by atoms with Gasteiger partial charge < -0.3 is 14.3 Å². The number of rotatable bonds is 5. The monoisotopic (exact) mass is 262 g/mol. The lowest BCUT2D eigenvalue weighted by Gasteiger charge is -2.06. The largest absolute Gasteiger partial charge is 0.496 e. The van der Waals surface area contributed by atoms with Gasteiger partial charge in [-0.1, -0.05) is 6.92 Å². The number of hydrogen-bond acceptors (Lipinski definition) is 4. The van der Waals surface area contributed by atoms with Crippen molar-refractivity contribution < 1.29 is 23.8 Å². The number of Topliss-reactive ketones (excluding diaryl/α,β-unsaturated/α-hetero) is 1. The molecule has 0 fully saturated rings. The molecular weight excluding hydrogens is 248 g/mol. The summed E-state index contributed by atoms with van der Waals surface area (Å²) in [5.74, 6) is -0.926. The van der Waals surface area contributed by atoms with Gasteiger partial charge in [0.15, 0.2) is 5.78 Å². The van der Waals surface area contributed by atoms with Crippen LogP contribution in [0.5, 0.6) is 5.75 Å². The van der Waals surface area contributed by atoms with Gasteiger partial charge in [0.05, 0.1) is 12.7 Å². The van der Waals surface area contributed by atoms with E-state index in [0.717, 1.165) is 6.42 Å². The molecule has 100 valence electrons. The maximum atomic E-state index is 12.0. The fourth-order valence-electron chi connectivity index (χ4n) is 1.92. The molecule has 5 nitrogen and oxygen atoms in total. The molecule has 0 aliphatic rings. The molecule has 0 atom stereocenters. The van der Waals surface area contributed by atoms with Crippen molar-refractivity contribution in [1.82, 2.24) is 0 Å². The van der Waals surface area contributed by atoms with Crippen molar-refractivity contribution in [1.29, 1.82) is 0 Å². The highest BCUT2D eigenvalue weighted by atomic mass is 16.5. The first-order valence-corrected chi connectivity index (χ1v) is 5.95. The van der Waals surface area contributed by atoms with Crippen LogP contribution in [0.2, 0.25) is 0 Å². The Balaban J connectivity index is 2.57. The smallest absolute Gasteiger partial charge is 0.371 e. The fraction of sp³-hybridized carbons (Fsp3) is 0.286. The molecule has 0 amide bonds. The first-order chi connectivity index (χ1) is 9.06. The molecule has 1 heterocycles. The molecule has 1 N–H and O–H groups in total. The number of hydrogen-bond donors (Lipinski definition) is 1. The molecule has 0 spiro atoms. The minimum atomic E-state index is -1.14. The highest BCUT2D eigenvalue weighted by Crippen LogP contribution is 2.29. The van der Waals surface area contributed by atoms with Crippen LogP contribution < -0.4 is 4.74 Å². The predicted octanol–water partition coefficient (Wildman–Crippen LogP) is 3.12. The lowest BCUT2D eigenvalue weighted by atomic mass is 10.0. The van der Waals surface area contributed by atoms with E-state index in [4.69, 9.17) is 14.3 Å². The highest BCUT2D eigenvalue weighted by Gasteiger charge is 2.17. The van der Waals surface area contributed by atoms with Crippen LogP contribution in [-0.4, -0.2) is 24.0 Å². The third-order valence-corrected chi connectivity index (χ3v) is 2.83. The molecule has 2 aromatic rings. The van der Waals surface area contributed by atoms with Gasteiger partial charge in [0.2, 0.25) is 5.76 Å². The molecule has 19 heavy (non-hydrogen) atoms. The molecule has 0 saturated carbocycles. The maximum Gasteiger partial charge on any atom is 0.371 e. The van der Waals surface area contributed by atoms with Crippen molar-refractivity contribution >= 4 is 22.7 Å². The number of carboxylic acids is 1. The van der Waals surface area contributed by atoms with Crippen molar-refractivity contribution in [3.8, 4) is 5.75 Å². The maximum absolute atomic E-state index is 12.0. The Bertz CT molecular complexity index is 639. The number of carbonyl (C=O) groups excluding carboxylic acids is 1. The summed E-state index contributed by atoms with van der Waals surface area (Å²) in [5, 5.41) is 9.46. The number of ether oxygens (including phenoxy) is 1. The van der Waals surface area contributed by atoms with Gasteiger partial charge in [0, 0.05) is 17.9 Å². The lowest BCUT2D eigenvalue weighted by Crippen LogP contribution is -2.01. The summed E-state index contributed by atoms with van der Waals surface area (Å²) < 4.78 is 10.3. The average Bonchev–Trinajstić information content (AvgIpc) is 2.80. The number of methoxy groups -OCH3 is 1. The minimum Gasteiger partial charge on any atom is -0.496 e. The highest BCUT2D eigenvalue weighted by molar-refractivity contribution is 6.03. The molecule has 2 rings (SSSR count). The van der Waals surface area contributed by atoms with E-state index in [1.165, 1.54) is 13.2 Å². The van der Waals surface area contributed by atoms with E-state index in [0.29, 0.717) is 28.7 Å². The van der Waals surface area contributed by atoms with Crippen LogP contribution in [-0.2, 0) is 0 Å². The average molecular weight is 262 g/mol. The normalized spacial score (nSPS) is 10.6. The molecule has 1 aromatic carbocycles. The van der Waals surface area contributed by atoms with Crippen LogP contribution in [0.1, 0.15) is 40.7 Å². The Hall–Kier alpha value is -2.30. The van der Waals surface area contributed by atoms with Gasteiger partial charge in [-0.25, -0.2) is 4.79 Å².